The zero-order valence-electron chi connectivity index (χ0n) is 9.03. The Morgan fingerprint density at radius 3 is 3.00 bits per heavy atom. The lowest BCUT2D eigenvalue weighted by Crippen LogP contribution is -1.99. The lowest BCUT2D eigenvalue weighted by molar-refractivity contribution is 0.0701. The van der Waals surface area contributed by atoms with Gasteiger partial charge in [-0.25, -0.2) is 4.79 Å². The van der Waals surface area contributed by atoms with Crippen molar-refractivity contribution in [2.75, 3.05) is 5.75 Å². The zero-order chi connectivity index (χ0) is 11.3. The van der Waals surface area contributed by atoms with Crippen LogP contribution in [0.1, 0.15) is 35.5 Å². The molecule has 0 aliphatic heterocycles. The highest BCUT2D eigenvalue weighted by Gasteiger charge is 2.11. The van der Waals surface area contributed by atoms with Crippen molar-refractivity contribution < 1.29 is 9.90 Å². The molecule has 1 atom stereocenters. The van der Waals surface area contributed by atoms with Crippen LogP contribution in [0.2, 0.25) is 0 Å². The molecule has 1 unspecified atom stereocenters. The number of carboxylic acids is 1. The minimum absolute atomic E-state index is 0.492. The van der Waals surface area contributed by atoms with E-state index in [1.165, 1.54) is 17.8 Å². The molecular formula is C11H16O2S2. The van der Waals surface area contributed by atoms with Gasteiger partial charge in [-0.15, -0.1) is 11.3 Å². The van der Waals surface area contributed by atoms with Gasteiger partial charge in [0.25, 0.3) is 0 Å². The van der Waals surface area contributed by atoms with Crippen molar-refractivity contribution in [1.82, 2.24) is 0 Å². The molecule has 0 amide bonds. The van der Waals surface area contributed by atoms with Crippen LogP contribution >= 0.6 is 23.1 Å². The Balaban J connectivity index is 2.44. The van der Waals surface area contributed by atoms with Gasteiger partial charge in [-0.1, -0.05) is 20.3 Å². The smallest absolute Gasteiger partial charge is 0.346 e. The highest BCUT2D eigenvalue weighted by Crippen LogP contribution is 2.23. The average molecular weight is 244 g/mol. The van der Waals surface area contributed by atoms with E-state index in [2.05, 4.69) is 13.8 Å². The van der Waals surface area contributed by atoms with E-state index in [1.807, 2.05) is 23.2 Å². The Hall–Kier alpha value is -0.480. The minimum atomic E-state index is -0.802. The van der Waals surface area contributed by atoms with E-state index in [-0.39, 0.29) is 0 Å². The standard InChI is InChI=1S/C11H16O2S2/c1-3-8(2)6-14-7-9-4-5-15-10(9)11(12)13/h4-5,8H,3,6-7H2,1-2H3,(H,12,13). The molecule has 84 valence electrons. The molecule has 0 spiro atoms. The van der Waals surface area contributed by atoms with Crippen molar-refractivity contribution in [2.45, 2.75) is 26.0 Å². The number of hydrogen-bond donors (Lipinski definition) is 1. The molecule has 0 radical (unpaired) electrons. The molecule has 2 nitrogen and oxygen atoms in total. The van der Waals surface area contributed by atoms with Gasteiger partial charge < -0.3 is 5.11 Å². The summed E-state index contributed by atoms with van der Waals surface area (Å²) in [4.78, 5) is 11.3. The number of carbonyl (C=O) groups is 1. The molecule has 1 rings (SSSR count). The first-order chi connectivity index (χ1) is 7.15. The van der Waals surface area contributed by atoms with Crippen LogP contribution in [0.25, 0.3) is 0 Å². The second kappa shape index (κ2) is 6.18. The van der Waals surface area contributed by atoms with Crippen LogP contribution in [0.15, 0.2) is 11.4 Å². The van der Waals surface area contributed by atoms with Gasteiger partial charge in [0.05, 0.1) is 0 Å². The predicted molar refractivity (Wildman–Crippen MR) is 66.9 cm³/mol. The van der Waals surface area contributed by atoms with Crippen LogP contribution in [0.5, 0.6) is 0 Å². The molecule has 4 heteroatoms. The van der Waals surface area contributed by atoms with Crippen LogP contribution in [0.3, 0.4) is 0 Å². The molecule has 15 heavy (non-hydrogen) atoms. The van der Waals surface area contributed by atoms with E-state index in [0.29, 0.717) is 10.8 Å². The van der Waals surface area contributed by atoms with E-state index in [4.69, 9.17) is 5.11 Å². The third-order valence-electron chi connectivity index (χ3n) is 2.30. The molecular weight excluding hydrogens is 228 g/mol. The fourth-order valence-corrected chi connectivity index (χ4v) is 3.19. The summed E-state index contributed by atoms with van der Waals surface area (Å²) in [5.41, 5.74) is 0.959. The van der Waals surface area contributed by atoms with Gasteiger partial charge in [-0.05, 0) is 28.7 Å². The average Bonchev–Trinajstić information content (AvgIpc) is 2.65. The maximum Gasteiger partial charge on any atom is 0.346 e. The molecule has 0 fully saturated rings. The summed E-state index contributed by atoms with van der Waals surface area (Å²) in [7, 11) is 0. The predicted octanol–water partition coefficient (Wildman–Crippen LogP) is 3.73. The molecule has 0 bridgehead atoms. The molecule has 1 N–H and O–H groups in total. The zero-order valence-corrected chi connectivity index (χ0v) is 10.7. The summed E-state index contributed by atoms with van der Waals surface area (Å²) >= 11 is 3.13. The van der Waals surface area contributed by atoms with E-state index < -0.39 is 5.97 Å². The Labute approximate surface area is 98.7 Å². The largest absolute Gasteiger partial charge is 0.477 e. The molecule has 0 aromatic carbocycles. The lowest BCUT2D eigenvalue weighted by Gasteiger charge is -2.07. The summed E-state index contributed by atoms with van der Waals surface area (Å²) in [5.74, 6) is 1.83. The Bertz CT molecular complexity index is 320. The fourth-order valence-electron chi connectivity index (χ4n) is 1.12. The second-order valence-corrected chi connectivity index (χ2v) is 5.56. The Morgan fingerprint density at radius 1 is 1.67 bits per heavy atom. The van der Waals surface area contributed by atoms with Crippen LogP contribution in [-0.4, -0.2) is 16.8 Å². The van der Waals surface area contributed by atoms with Crippen molar-refractivity contribution in [3.8, 4) is 0 Å². The molecule has 0 aliphatic rings. The van der Waals surface area contributed by atoms with E-state index in [9.17, 15) is 4.79 Å². The first-order valence-corrected chi connectivity index (χ1v) is 7.06. The SMILES string of the molecule is CCC(C)CSCc1ccsc1C(=O)O. The lowest BCUT2D eigenvalue weighted by atomic mass is 10.2. The first kappa shape index (κ1) is 12.6. The molecule has 1 aromatic rings. The molecule has 0 saturated carbocycles. The van der Waals surface area contributed by atoms with E-state index >= 15 is 0 Å². The summed E-state index contributed by atoms with van der Waals surface area (Å²) in [6, 6.07) is 1.91. The van der Waals surface area contributed by atoms with Gasteiger partial charge >= 0.3 is 5.97 Å². The van der Waals surface area contributed by atoms with Crippen LogP contribution in [0, 0.1) is 5.92 Å². The van der Waals surface area contributed by atoms with Crippen LogP contribution in [-0.2, 0) is 5.75 Å². The Morgan fingerprint density at radius 2 is 2.40 bits per heavy atom. The topological polar surface area (TPSA) is 37.3 Å². The van der Waals surface area contributed by atoms with Crippen LogP contribution < -0.4 is 0 Å². The first-order valence-electron chi connectivity index (χ1n) is 5.02. The van der Waals surface area contributed by atoms with Gasteiger partial charge in [0.1, 0.15) is 4.88 Å². The Kier molecular flexibility index (Phi) is 5.19. The number of thioether (sulfide) groups is 1. The molecule has 0 saturated heterocycles. The third kappa shape index (κ3) is 3.87. The summed E-state index contributed by atoms with van der Waals surface area (Å²) in [6.45, 7) is 4.40. The van der Waals surface area contributed by atoms with Gasteiger partial charge in [0.2, 0.25) is 0 Å². The number of rotatable bonds is 6. The highest BCUT2D eigenvalue weighted by atomic mass is 32.2. The van der Waals surface area contributed by atoms with Crippen molar-refractivity contribution in [2.24, 2.45) is 5.92 Å². The van der Waals surface area contributed by atoms with Crippen molar-refractivity contribution >= 4 is 29.1 Å². The number of thiophene rings is 1. The maximum absolute atomic E-state index is 10.8. The maximum atomic E-state index is 10.8. The summed E-state index contributed by atoms with van der Waals surface area (Å²) < 4.78 is 0. The van der Waals surface area contributed by atoms with E-state index in [1.54, 1.807) is 0 Å². The molecule has 1 aromatic heterocycles. The molecule has 1 heterocycles. The van der Waals surface area contributed by atoms with Gasteiger partial charge in [-0.2, -0.15) is 11.8 Å². The van der Waals surface area contributed by atoms with E-state index in [0.717, 1.165) is 17.1 Å². The van der Waals surface area contributed by atoms with Crippen LogP contribution in [0.4, 0.5) is 0 Å². The number of carboxylic acid groups (broad SMARTS) is 1. The monoisotopic (exact) mass is 244 g/mol. The summed E-state index contributed by atoms with van der Waals surface area (Å²) in [5, 5.41) is 10.8. The van der Waals surface area contributed by atoms with Crippen molar-refractivity contribution in [3.63, 3.8) is 0 Å². The van der Waals surface area contributed by atoms with Crippen molar-refractivity contribution in [1.29, 1.82) is 0 Å². The summed E-state index contributed by atoms with van der Waals surface area (Å²) in [6.07, 6.45) is 1.18. The number of aromatic carboxylic acids is 1. The normalized spacial score (nSPS) is 12.7. The third-order valence-corrected chi connectivity index (χ3v) is 4.56. The second-order valence-electron chi connectivity index (χ2n) is 3.61. The van der Waals surface area contributed by atoms with Gasteiger partial charge in [0, 0.05) is 5.75 Å². The van der Waals surface area contributed by atoms with Gasteiger partial charge in [0.15, 0.2) is 0 Å². The van der Waals surface area contributed by atoms with Gasteiger partial charge in [-0.3, -0.25) is 0 Å². The fraction of sp³-hybridized carbons (Fsp3) is 0.545. The molecule has 0 aliphatic carbocycles. The highest BCUT2D eigenvalue weighted by molar-refractivity contribution is 7.98. The minimum Gasteiger partial charge on any atom is -0.477 e. The van der Waals surface area contributed by atoms with Crippen molar-refractivity contribution in [3.05, 3.63) is 21.9 Å². The quantitative estimate of drug-likeness (QED) is 0.828. The number of hydrogen-bond acceptors (Lipinski definition) is 3.